The van der Waals surface area contributed by atoms with Crippen LogP contribution in [0.1, 0.15) is 115 Å². The fourth-order valence-electron chi connectivity index (χ4n) is 8.92. The van der Waals surface area contributed by atoms with Gasteiger partial charge in [-0.15, -0.1) is 68.0 Å². The van der Waals surface area contributed by atoms with Crippen LogP contribution in [0.2, 0.25) is 0 Å². The Kier molecular flexibility index (Phi) is 17.0. The van der Waals surface area contributed by atoms with Gasteiger partial charge in [-0.25, -0.2) is 9.18 Å². The number of rotatable bonds is 23. The smallest absolute Gasteiger partial charge is 0.460 e. The van der Waals surface area contributed by atoms with Crippen LogP contribution in [0.25, 0.3) is 60.9 Å². The summed E-state index contributed by atoms with van der Waals surface area (Å²) in [6, 6.07) is 12.9. The zero-order valence-electron chi connectivity index (χ0n) is 40.2. The fourth-order valence-corrected chi connectivity index (χ4v) is 16.4. The topological polar surface area (TPSA) is 26.3 Å². The number of alkyl halides is 13. The Balaban J connectivity index is 1.27. The van der Waals surface area contributed by atoms with Crippen LogP contribution >= 0.6 is 68.0 Å². The minimum absolute atomic E-state index is 0.0521. The molecule has 0 bridgehead atoms. The summed E-state index contributed by atoms with van der Waals surface area (Å²) in [7, 11) is 0. The predicted octanol–water partition coefficient (Wildman–Crippen LogP) is 21.1. The first-order valence-corrected chi connectivity index (χ1v) is 28.5. The van der Waals surface area contributed by atoms with Gasteiger partial charge in [0, 0.05) is 70.8 Å². The second kappa shape index (κ2) is 21.6. The summed E-state index contributed by atoms with van der Waals surface area (Å²) in [5, 5.41) is 1.97. The second-order valence-corrected chi connectivity index (χ2v) is 25.2. The number of carbonyl (C=O) groups excluding carboxylic acids is 1. The van der Waals surface area contributed by atoms with E-state index in [9.17, 15) is 61.9 Å². The Bertz CT molecular complexity index is 2960. The Hall–Kier alpha value is -3.31. The number of halogens is 14. The van der Waals surface area contributed by atoms with Gasteiger partial charge in [-0.1, -0.05) is 79.1 Å². The summed E-state index contributed by atoms with van der Waals surface area (Å²) in [5.41, 5.74) is 2.08. The third kappa shape index (κ3) is 10.5. The van der Waals surface area contributed by atoms with Gasteiger partial charge >= 0.3 is 41.8 Å². The average Bonchev–Trinajstić information content (AvgIpc) is 4.19. The van der Waals surface area contributed by atoms with Gasteiger partial charge in [-0.05, 0) is 74.9 Å². The first kappa shape index (κ1) is 57.4. The molecule has 73 heavy (non-hydrogen) atoms. The monoisotopic (exact) mass is 1150 g/mol. The van der Waals surface area contributed by atoms with Gasteiger partial charge in [-0.3, -0.25) is 0 Å². The van der Waals surface area contributed by atoms with Crippen molar-refractivity contribution < 1.29 is 71.0 Å². The molecular weight excluding hydrogens is 1100 g/mol. The molecule has 0 fully saturated rings. The summed E-state index contributed by atoms with van der Waals surface area (Å²) in [6.45, 7) is 10.4. The zero-order valence-corrected chi connectivity index (χ0v) is 45.1. The summed E-state index contributed by atoms with van der Waals surface area (Å²) >= 11 is 8.39. The molecule has 0 aliphatic rings. The molecule has 22 heteroatoms. The van der Waals surface area contributed by atoms with Gasteiger partial charge in [0.05, 0.1) is 22.6 Å². The van der Waals surface area contributed by atoms with Crippen molar-refractivity contribution in [3.8, 4) is 30.6 Å². The SMILES string of the molecule is CCCCC(CC)Cc1ccc(-c2c3cc(-c4sc(C)c5c(F)c(C(=O)OCCC(F)(F)C(F)(F)C(F)(F)C(F)(F)C(F)(F)C(F)(F)F)sc45)sc3c(-c3ccc(CC(CC)CCCC)s3)c3cc(C)sc23)s1. The van der Waals surface area contributed by atoms with Crippen molar-refractivity contribution in [3.05, 3.63) is 66.6 Å². The van der Waals surface area contributed by atoms with Crippen LogP contribution in [0.15, 0.2) is 36.4 Å². The van der Waals surface area contributed by atoms with Crippen LogP contribution in [0.5, 0.6) is 0 Å². The maximum Gasteiger partial charge on any atom is 0.460 e. The molecule has 0 radical (unpaired) electrons. The van der Waals surface area contributed by atoms with E-state index in [1.807, 2.05) is 6.07 Å². The predicted molar refractivity (Wildman–Crippen MR) is 272 cm³/mol. The molecule has 2 unspecified atom stereocenters. The molecule has 0 N–H and O–H groups in total. The van der Waals surface area contributed by atoms with Crippen molar-refractivity contribution in [2.45, 2.75) is 148 Å². The van der Waals surface area contributed by atoms with Crippen LogP contribution in [0, 0.1) is 31.5 Å². The van der Waals surface area contributed by atoms with Crippen LogP contribution in [0.4, 0.5) is 61.5 Å². The fraction of sp³-hybridized carbons (Fsp3) is 0.510. The van der Waals surface area contributed by atoms with E-state index in [4.69, 9.17) is 0 Å². The summed E-state index contributed by atoms with van der Waals surface area (Å²) < 4.78 is 201. The van der Waals surface area contributed by atoms with Gasteiger partial charge in [0.2, 0.25) is 0 Å². The normalized spacial score (nSPS) is 14.4. The molecule has 0 saturated heterocycles. The maximum absolute atomic E-state index is 16.3. The quantitative estimate of drug-likeness (QED) is 0.0471. The lowest BCUT2D eigenvalue weighted by molar-refractivity contribution is -0.440. The van der Waals surface area contributed by atoms with Crippen molar-refractivity contribution in [1.29, 1.82) is 0 Å². The average molecular weight is 1150 g/mol. The van der Waals surface area contributed by atoms with Crippen molar-refractivity contribution in [2.75, 3.05) is 6.61 Å². The zero-order chi connectivity index (χ0) is 53.8. The van der Waals surface area contributed by atoms with Crippen LogP contribution in [0.3, 0.4) is 0 Å². The summed E-state index contributed by atoms with van der Waals surface area (Å²) in [6.07, 6.45) is 0.440. The van der Waals surface area contributed by atoms with Gasteiger partial charge < -0.3 is 4.74 Å². The number of hydrogen-bond acceptors (Lipinski definition) is 8. The number of benzene rings is 1. The van der Waals surface area contributed by atoms with E-state index in [0.717, 1.165) is 110 Å². The van der Waals surface area contributed by atoms with Crippen LogP contribution in [-0.2, 0) is 17.6 Å². The highest BCUT2D eigenvalue weighted by Gasteiger charge is 2.90. The molecule has 0 spiro atoms. The number of esters is 1. The van der Waals surface area contributed by atoms with Gasteiger partial charge in [0.15, 0.2) is 5.82 Å². The lowest BCUT2D eigenvalue weighted by atomic mass is 9.93. The molecule has 1 aromatic carbocycles. The molecule has 7 rings (SSSR count). The first-order valence-electron chi connectivity index (χ1n) is 23.6. The summed E-state index contributed by atoms with van der Waals surface area (Å²) in [5.74, 6) is -39.8. The van der Waals surface area contributed by atoms with Crippen molar-refractivity contribution >= 4 is 104 Å². The minimum atomic E-state index is -8.06. The van der Waals surface area contributed by atoms with Crippen LogP contribution < -0.4 is 0 Å². The molecule has 6 heterocycles. The lowest BCUT2D eigenvalue weighted by Gasteiger charge is -2.39. The molecule has 0 aliphatic carbocycles. The molecule has 400 valence electrons. The molecule has 0 saturated carbocycles. The third-order valence-corrected chi connectivity index (χ3v) is 20.2. The third-order valence-electron chi connectivity index (χ3n) is 13.2. The van der Waals surface area contributed by atoms with Crippen molar-refractivity contribution in [1.82, 2.24) is 0 Å². The van der Waals surface area contributed by atoms with Gasteiger partial charge in [0.1, 0.15) is 4.88 Å². The number of unbranched alkanes of at least 4 members (excludes halogenated alkanes) is 2. The van der Waals surface area contributed by atoms with E-state index in [-0.39, 0.29) is 10.1 Å². The number of hydrogen-bond donors (Lipinski definition) is 0. The Morgan fingerprint density at radius 1 is 0.589 bits per heavy atom. The Morgan fingerprint density at radius 2 is 1.10 bits per heavy atom. The molecule has 0 aliphatic heterocycles. The second-order valence-electron chi connectivity index (χ2n) is 18.3. The molecule has 6 aromatic heterocycles. The van der Waals surface area contributed by atoms with E-state index >= 15 is 4.39 Å². The highest BCUT2D eigenvalue weighted by Crippen LogP contribution is 2.61. The highest BCUT2D eigenvalue weighted by atomic mass is 32.1. The van der Waals surface area contributed by atoms with E-state index in [0.29, 0.717) is 37.8 Å². The van der Waals surface area contributed by atoms with Crippen molar-refractivity contribution in [3.63, 3.8) is 0 Å². The largest absolute Gasteiger partial charge is 0.461 e. The number of carbonyl (C=O) groups is 1. The molecule has 7 aromatic rings. The Labute approximate surface area is 436 Å². The first-order chi connectivity index (χ1) is 34.1. The maximum atomic E-state index is 16.3. The minimum Gasteiger partial charge on any atom is -0.461 e. The molecule has 2 atom stereocenters. The standard InChI is InChI=1S/C51H50F14O2S6/c1-7-11-13-27(9-3)22-29-15-17-33(70-29)37-31-21-25(5)68-40(31)38(34-18-16-30(71-34)23-28(10-4)14-12-8-2)32-24-35(72-41(32)37)42-43-36(26(6)69-42)39(52)44(73-43)45(66)67-20-19-46(53,54)47(55,56)48(57,58)49(59,60)50(61,62)51(63,64)65/h15-18,21,24,27-28H,7-14,19-20,22-23H2,1-6H3. The lowest BCUT2D eigenvalue weighted by Crippen LogP contribution is -2.70. The van der Waals surface area contributed by atoms with Gasteiger partial charge in [0.25, 0.3) is 0 Å². The molecular formula is C51H50F14O2S6. The van der Waals surface area contributed by atoms with E-state index in [2.05, 4.69) is 69.7 Å². The number of thiophene rings is 6. The van der Waals surface area contributed by atoms with E-state index in [1.54, 1.807) is 40.9 Å². The number of fused-ring (bicyclic) bond motifs is 3. The number of aryl methyl sites for hydroxylation is 2. The van der Waals surface area contributed by atoms with Crippen molar-refractivity contribution in [2.24, 2.45) is 11.8 Å². The highest BCUT2D eigenvalue weighted by molar-refractivity contribution is 7.32. The number of ether oxygens (including phenoxy) is 1. The van der Waals surface area contributed by atoms with Crippen LogP contribution in [-0.4, -0.2) is 48.4 Å². The molecule has 2 nitrogen and oxygen atoms in total. The Morgan fingerprint density at radius 3 is 1.60 bits per heavy atom. The molecule has 0 amide bonds. The van der Waals surface area contributed by atoms with E-state index in [1.165, 1.54) is 32.4 Å². The van der Waals surface area contributed by atoms with Gasteiger partial charge in [-0.2, -0.15) is 57.1 Å². The summed E-state index contributed by atoms with van der Waals surface area (Å²) in [4.78, 5) is 19.7. The van der Waals surface area contributed by atoms with E-state index < -0.39 is 65.5 Å².